The predicted molar refractivity (Wildman–Crippen MR) is 132 cm³/mol. The van der Waals surface area contributed by atoms with E-state index in [9.17, 15) is 14.7 Å². The molecule has 178 valence electrons. The maximum Gasteiger partial charge on any atom is 0.337 e. The van der Waals surface area contributed by atoms with Gasteiger partial charge < -0.3 is 24.5 Å². The lowest BCUT2D eigenvalue weighted by atomic mass is 9.78. The highest BCUT2D eigenvalue weighted by molar-refractivity contribution is 5.94. The first-order chi connectivity index (χ1) is 16.3. The number of nitrogens with one attached hydrogen (secondary N) is 1. The summed E-state index contributed by atoms with van der Waals surface area (Å²) in [6.07, 6.45) is 3.16. The van der Waals surface area contributed by atoms with Crippen molar-refractivity contribution in [2.45, 2.75) is 39.2 Å². The van der Waals surface area contributed by atoms with Gasteiger partial charge in [-0.05, 0) is 62.3 Å². The van der Waals surface area contributed by atoms with Crippen molar-refractivity contribution in [2.75, 3.05) is 36.5 Å². The quantitative estimate of drug-likeness (QED) is 0.552. The number of nitrogens with zero attached hydrogens (tertiary/aromatic N) is 1. The molecule has 0 radical (unpaired) electrons. The summed E-state index contributed by atoms with van der Waals surface area (Å²) in [5.41, 5.74) is 3.25. The van der Waals surface area contributed by atoms with Gasteiger partial charge >= 0.3 is 5.97 Å². The Morgan fingerprint density at radius 3 is 2.62 bits per heavy atom. The number of benzene rings is 2. The lowest BCUT2D eigenvalue weighted by Gasteiger charge is -2.38. The third kappa shape index (κ3) is 4.16. The van der Waals surface area contributed by atoms with Gasteiger partial charge in [0, 0.05) is 37.0 Å². The number of hydrogen-bond donors (Lipinski definition) is 2. The van der Waals surface area contributed by atoms with E-state index in [1.54, 1.807) is 30.3 Å². The number of piperidine rings is 1. The summed E-state index contributed by atoms with van der Waals surface area (Å²) in [5, 5.41) is 13.4. The molecule has 5 rings (SSSR count). The van der Waals surface area contributed by atoms with Crippen molar-refractivity contribution in [2.24, 2.45) is 5.41 Å². The fraction of sp³-hybridized carbons (Fsp3) is 0.407. The van der Waals surface area contributed by atoms with Gasteiger partial charge in [-0.3, -0.25) is 4.79 Å². The van der Waals surface area contributed by atoms with E-state index in [4.69, 9.17) is 9.15 Å². The number of aromatic carboxylic acids is 1. The van der Waals surface area contributed by atoms with Gasteiger partial charge in [0.2, 0.25) is 0 Å². The van der Waals surface area contributed by atoms with Crippen molar-refractivity contribution >= 4 is 28.5 Å². The van der Waals surface area contributed by atoms with Crippen LogP contribution < -0.4 is 15.6 Å². The van der Waals surface area contributed by atoms with E-state index in [1.165, 1.54) is 0 Å². The van der Waals surface area contributed by atoms with Gasteiger partial charge in [0.1, 0.15) is 5.58 Å². The van der Waals surface area contributed by atoms with E-state index in [0.29, 0.717) is 22.5 Å². The molecule has 2 aromatic carbocycles. The van der Waals surface area contributed by atoms with Crippen LogP contribution in [0.4, 0.5) is 11.6 Å². The summed E-state index contributed by atoms with van der Waals surface area (Å²) in [7, 11) is 0. The number of carboxylic acid groups (broad SMARTS) is 1. The molecule has 2 saturated heterocycles. The molecule has 7 nitrogen and oxygen atoms in total. The summed E-state index contributed by atoms with van der Waals surface area (Å²) in [4.78, 5) is 26.9. The van der Waals surface area contributed by atoms with Crippen LogP contribution in [0.5, 0.6) is 0 Å². The molecule has 1 aromatic heterocycles. The SMILES string of the molecule is Cc1cc(C(C)Nc2ccccc2C(=O)O)c2oc(N3CCC4(CCOC4)CC3)cc(=O)c2c1. The van der Waals surface area contributed by atoms with Crippen LogP contribution >= 0.6 is 0 Å². The molecule has 2 aliphatic rings. The molecule has 0 bridgehead atoms. The molecule has 2 N–H and O–H groups in total. The van der Waals surface area contributed by atoms with E-state index >= 15 is 0 Å². The Balaban J connectivity index is 1.49. The smallest absolute Gasteiger partial charge is 0.337 e. The molecule has 2 fully saturated rings. The van der Waals surface area contributed by atoms with Crippen LogP contribution in [-0.2, 0) is 4.74 Å². The van der Waals surface area contributed by atoms with Crippen LogP contribution in [0, 0.1) is 12.3 Å². The Bertz CT molecular complexity index is 1280. The third-order valence-corrected chi connectivity index (χ3v) is 7.31. The van der Waals surface area contributed by atoms with Gasteiger partial charge in [0.05, 0.1) is 23.6 Å². The monoisotopic (exact) mass is 462 g/mol. The topological polar surface area (TPSA) is 92.0 Å². The van der Waals surface area contributed by atoms with Crippen LogP contribution in [0.1, 0.15) is 53.7 Å². The number of rotatable bonds is 5. The zero-order valence-electron chi connectivity index (χ0n) is 19.6. The zero-order chi connectivity index (χ0) is 23.9. The Morgan fingerprint density at radius 2 is 1.91 bits per heavy atom. The second kappa shape index (κ2) is 8.80. The van der Waals surface area contributed by atoms with Crippen molar-refractivity contribution in [3.63, 3.8) is 0 Å². The Kier molecular flexibility index (Phi) is 5.81. The minimum absolute atomic E-state index is 0.0659. The number of carbonyl (C=O) groups is 1. The fourth-order valence-corrected chi connectivity index (χ4v) is 5.25. The number of ether oxygens (including phenoxy) is 1. The van der Waals surface area contributed by atoms with E-state index in [0.717, 1.165) is 56.7 Å². The largest absolute Gasteiger partial charge is 0.478 e. The fourth-order valence-electron chi connectivity index (χ4n) is 5.25. The van der Waals surface area contributed by atoms with Gasteiger partial charge in [0.25, 0.3) is 0 Å². The molecule has 3 heterocycles. The molecule has 34 heavy (non-hydrogen) atoms. The van der Waals surface area contributed by atoms with Crippen LogP contribution in [0.3, 0.4) is 0 Å². The first kappa shape index (κ1) is 22.5. The van der Waals surface area contributed by atoms with Gasteiger partial charge in [-0.2, -0.15) is 0 Å². The molecule has 0 saturated carbocycles. The van der Waals surface area contributed by atoms with Crippen molar-refractivity contribution in [3.05, 3.63) is 69.4 Å². The van der Waals surface area contributed by atoms with Crippen LogP contribution in [0.15, 0.2) is 51.7 Å². The summed E-state index contributed by atoms with van der Waals surface area (Å²) >= 11 is 0. The molecule has 1 unspecified atom stereocenters. The minimum atomic E-state index is -0.992. The highest BCUT2D eigenvalue weighted by atomic mass is 16.5. The summed E-state index contributed by atoms with van der Waals surface area (Å²) in [6, 6.07) is 12.0. The van der Waals surface area contributed by atoms with Crippen molar-refractivity contribution in [1.82, 2.24) is 0 Å². The summed E-state index contributed by atoms with van der Waals surface area (Å²) in [6.45, 7) is 7.22. The first-order valence-corrected chi connectivity index (χ1v) is 11.9. The van der Waals surface area contributed by atoms with Crippen molar-refractivity contribution < 1.29 is 19.1 Å². The lowest BCUT2D eigenvalue weighted by Crippen LogP contribution is -2.40. The number of para-hydroxylation sites is 1. The molecule has 3 aromatic rings. The Morgan fingerprint density at radius 1 is 1.15 bits per heavy atom. The summed E-state index contributed by atoms with van der Waals surface area (Å²) in [5.74, 6) is -0.400. The van der Waals surface area contributed by atoms with Gasteiger partial charge in [-0.1, -0.05) is 18.2 Å². The molecule has 0 amide bonds. The van der Waals surface area contributed by atoms with Crippen LogP contribution in [0.25, 0.3) is 11.0 Å². The second-order valence-electron chi connectivity index (χ2n) is 9.69. The van der Waals surface area contributed by atoms with E-state index < -0.39 is 5.97 Å². The molecule has 0 aliphatic carbocycles. The molecule has 1 spiro atoms. The highest BCUT2D eigenvalue weighted by Gasteiger charge is 2.38. The van der Waals surface area contributed by atoms with E-state index in [2.05, 4.69) is 10.2 Å². The molecular formula is C27H30N2O5. The van der Waals surface area contributed by atoms with Gasteiger partial charge in [0.15, 0.2) is 11.3 Å². The Hall–Kier alpha value is -3.32. The van der Waals surface area contributed by atoms with E-state index in [1.807, 2.05) is 26.0 Å². The van der Waals surface area contributed by atoms with Gasteiger partial charge in [-0.15, -0.1) is 0 Å². The van der Waals surface area contributed by atoms with Crippen molar-refractivity contribution in [1.29, 1.82) is 0 Å². The number of aryl methyl sites for hydroxylation is 1. The van der Waals surface area contributed by atoms with Crippen LogP contribution in [0.2, 0.25) is 0 Å². The van der Waals surface area contributed by atoms with Crippen molar-refractivity contribution in [3.8, 4) is 0 Å². The average molecular weight is 463 g/mol. The number of carboxylic acids is 1. The molecule has 1 atom stereocenters. The molecular weight excluding hydrogens is 432 g/mol. The third-order valence-electron chi connectivity index (χ3n) is 7.31. The Labute approximate surface area is 198 Å². The maximum atomic E-state index is 13.1. The number of hydrogen-bond acceptors (Lipinski definition) is 6. The number of fused-ring (bicyclic) bond motifs is 1. The second-order valence-corrected chi connectivity index (χ2v) is 9.69. The maximum absolute atomic E-state index is 13.1. The predicted octanol–water partition coefficient (Wildman–Crippen LogP) is 4.98. The highest BCUT2D eigenvalue weighted by Crippen LogP contribution is 2.40. The first-order valence-electron chi connectivity index (χ1n) is 11.9. The molecule has 7 heteroatoms. The zero-order valence-corrected chi connectivity index (χ0v) is 19.6. The van der Waals surface area contributed by atoms with E-state index in [-0.39, 0.29) is 22.4 Å². The summed E-state index contributed by atoms with van der Waals surface area (Å²) < 4.78 is 12.0. The van der Waals surface area contributed by atoms with Gasteiger partial charge in [-0.25, -0.2) is 4.79 Å². The molecule has 2 aliphatic heterocycles. The van der Waals surface area contributed by atoms with Crippen LogP contribution in [-0.4, -0.2) is 37.4 Å². The minimum Gasteiger partial charge on any atom is -0.478 e. The standard InChI is InChI=1S/C27H30N2O5/c1-17-13-20(18(2)28-22-6-4-3-5-19(22)26(31)32)25-21(14-17)23(30)15-24(34-25)29-10-7-27(8-11-29)9-12-33-16-27/h3-6,13-15,18,28H,7-12,16H2,1-2H3,(H,31,32). The normalized spacial score (nSPS) is 18.4. The lowest BCUT2D eigenvalue weighted by molar-refractivity contribution is 0.0698. The average Bonchev–Trinajstić information content (AvgIpc) is 3.27. The number of anilines is 2.